The molecule has 0 saturated heterocycles. The summed E-state index contributed by atoms with van der Waals surface area (Å²) in [5.41, 5.74) is 5.61. The monoisotopic (exact) mass is 233 g/mol. The Kier molecular flexibility index (Phi) is 3.49. The Labute approximate surface area is 89.6 Å². The lowest BCUT2D eigenvalue weighted by Gasteiger charge is -2.00. The molecule has 0 aliphatic rings. The summed E-state index contributed by atoms with van der Waals surface area (Å²) in [6, 6.07) is 0. The number of carbonyl (C=O) groups is 2. The Morgan fingerprint density at radius 2 is 2.36 bits per heavy atom. The van der Waals surface area contributed by atoms with Crippen LogP contribution in [-0.2, 0) is 4.74 Å². The summed E-state index contributed by atoms with van der Waals surface area (Å²) in [5, 5.41) is 0.275. The Hall–Kier alpha value is -1.07. The first-order valence-electron chi connectivity index (χ1n) is 3.81. The Morgan fingerprint density at radius 3 is 2.79 bits per heavy atom. The number of esters is 1. The molecule has 14 heavy (non-hydrogen) atoms. The fourth-order valence-electron chi connectivity index (χ4n) is 0.915. The van der Waals surface area contributed by atoms with Crippen LogP contribution in [0.3, 0.4) is 0 Å². The van der Waals surface area contributed by atoms with Crippen molar-refractivity contribution in [3.05, 3.63) is 15.5 Å². The Balaban J connectivity index is 3.13. The topological polar surface area (TPSA) is 69.4 Å². The molecule has 0 unspecified atom stereocenters. The van der Waals surface area contributed by atoms with E-state index in [9.17, 15) is 9.59 Å². The predicted molar refractivity (Wildman–Crippen MR) is 55.1 cm³/mol. The SMILES string of the molecule is CCOC(=O)c1c(N)sc(C=O)c1Cl. The van der Waals surface area contributed by atoms with E-state index in [2.05, 4.69) is 0 Å². The molecule has 1 aromatic rings. The van der Waals surface area contributed by atoms with E-state index in [1.165, 1.54) is 0 Å². The minimum atomic E-state index is -0.598. The van der Waals surface area contributed by atoms with Crippen LogP contribution in [0.15, 0.2) is 0 Å². The van der Waals surface area contributed by atoms with Gasteiger partial charge in [0.05, 0.1) is 16.5 Å². The van der Waals surface area contributed by atoms with Crippen molar-refractivity contribution in [3.8, 4) is 0 Å². The normalized spacial score (nSPS) is 9.86. The summed E-state index contributed by atoms with van der Waals surface area (Å²) in [5.74, 6) is -0.598. The van der Waals surface area contributed by atoms with Gasteiger partial charge in [-0.25, -0.2) is 4.79 Å². The zero-order chi connectivity index (χ0) is 10.7. The summed E-state index contributed by atoms with van der Waals surface area (Å²) in [7, 11) is 0. The van der Waals surface area contributed by atoms with Crippen LogP contribution in [0.25, 0.3) is 0 Å². The van der Waals surface area contributed by atoms with E-state index < -0.39 is 5.97 Å². The van der Waals surface area contributed by atoms with Crippen LogP contribution in [0.1, 0.15) is 27.0 Å². The molecule has 1 rings (SSSR count). The van der Waals surface area contributed by atoms with Crippen molar-refractivity contribution in [2.75, 3.05) is 12.3 Å². The van der Waals surface area contributed by atoms with Crippen molar-refractivity contribution in [2.45, 2.75) is 6.92 Å². The lowest BCUT2D eigenvalue weighted by Crippen LogP contribution is -2.06. The third-order valence-corrected chi connectivity index (χ3v) is 2.94. The van der Waals surface area contributed by atoms with Crippen LogP contribution in [0.2, 0.25) is 5.02 Å². The van der Waals surface area contributed by atoms with Gasteiger partial charge in [-0.3, -0.25) is 4.79 Å². The smallest absolute Gasteiger partial charge is 0.342 e. The molecule has 0 amide bonds. The summed E-state index contributed by atoms with van der Waals surface area (Å²) in [6.07, 6.45) is 0.562. The van der Waals surface area contributed by atoms with E-state index in [4.69, 9.17) is 22.1 Å². The zero-order valence-corrected chi connectivity index (χ0v) is 8.95. The highest BCUT2D eigenvalue weighted by Crippen LogP contribution is 2.34. The van der Waals surface area contributed by atoms with Crippen molar-refractivity contribution in [1.82, 2.24) is 0 Å². The van der Waals surface area contributed by atoms with Crippen molar-refractivity contribution < 1.29 is 14.3 Å². The van der Waals surface area contributed by atoms with Crippen molar-refractivity contribution in [2.24, 2.45) is 0 Å². The number of aldehydes is 1. The average molecular weight is 234 g/mol. The molecule has 6 heteroatoms. The predicted octanol–water partition coefficient (Wildman–Crippen LogP) is 1.97. The molecule has 0 aromatic carbocycles. The summed E-state index contributed by atoms with van der Waals surface area (Å²) in [6.45, 7) is 1.91. The molecule has 0 aliphatic heterocycles. The molecule has 1 heterocycles. The van der Waals surface area contributed by atoms with Crippen molar-refractivity contribution in [3.63, 3.8) is 0 Å². The van der Waals surface area contributed by atoms with Crippen molar-refractivity contribution in [1.29, 1.82) is 0 Å². The fraction of sp³-hybridized carbons (Fsp3) is 0.250. The highest BCUT2D eigenvalue weighted by molar-refractivity contribution is 7.18. The van der Waals surface area contributed by atoms with Crippen LogP contribution >= 0.6 is 22.9 Å². The van der Waals surface area contributed by atoms with E-state index in [0.29, 0.717) is 6.29 Å². The Morgan fingerprint density at radius 1 is 1.71 bits per heavy atom. The van der Waals surface area contributed by atoms with Gasteiger partial charge in [0.15, 0.2) is 6.29 Å². The molecule has 0 bridgehead atoms. The fourth-order valence-corrected chi connectivity index (χ4v) is 2.07. The van der Waals surface area contributed by atoms with Gasteiger partial charge in [-0.1, -0.05) is 11.6 Å². The van der Waals surface area contributed by atoms with Gasteiger partial charge < -0.3 is 10.5 Å². The van der Waals surface area contributed by atoms with Gasteiger partial charge in [-0.15, -0.1) is 11.3 Å². The maximum Gasteiger partial charge on any atom is 0.342 e. The third kappa shape index (κ3) is 1.88. The number of nitrogen functional groups attached to an aromatic ring is 1. The van der Waals surface area contributed by atoms with Crippen molar-refractivity contribution >= 4 is 40.2 Å². The van der Waals surface area contributed by atoms with Crippen LogP contribution in [0.4, 0.5) is 5.00 Å². The highest BCUT2D eigenvalue weighted by atomic mass is 35.5. The molecule has 0 radical (unpaired) electrons. The summed E-state index contributed by atoms with van der Waals surface area (Å²) < 4.78 is 4.73. The van der Waals surface area contributed by atoms with E-state index in [1.54, 1.807) is 6.92 Å². The number of halogens is 1. The number of ether oxygens (including phenoxy) is 1. The second-order valence-corrected chi connectivity index (χ2v) is 3.82. The number of thiophene rings is 1. The molecule has 1 aromatic heterocycles. The minimum Gasteiger partial charge on any atom is -0.462 e. The van der Waals surface area contributed by atoms with Gasteiger partial charge in [0.2, 0.25) is 0 Å². The number of rotatable bonds is 3. The number of hydrogen-bond donors (Lipinski definition) is 1. The van der Waals surface area contributed by atoms with E-state index in [-0.39, 0.29) is 27.1 Å². The first-order chi connectivity index (χ1) is 6.61. The summed E-state index contributed by atoms with van der Waals surface area (Å²) in [4.78, 5) is 22.1. The summed E-state index contributed by atoms with van der Waals surface area (Å²) >= 11 is 6.73. The molecular formula is C8H8ClNO3S. The van der Waals surface area contributed by atoms with E-state index in [0.717, 1.165) is 11.3 Å². The molecule has 0 atom stereocenters. The largest absolute Gasteiger partial charge is 0.462 e. The maximum absolute atomic E-state index is 11.3. The lowest BCUT2D eigenvalue weighted by molar-refractivity contribution is 0.0528. The molecular weight excluding hydrogens is 226 g/mol. The minimum absolute atomic E-state index is 0.0703. The van der Waals surface area contributed by atoms with Gasteiger partial charge in [-0.2, -0.15) is 0 Å². The standard InChI is InChI=1S/C8H8ClNO3S/c1-2-13-8(12)5-6(9)4(3-11)14-7(5)10/h3H,2,10H2,1H3. The highest BCUT2D eigenvalue weighted by Gasteiger charge is 2.21. The number of nitrogens with two attached hydrogens (primary N) is 1. The second kappa shape index (κ2) is 4.43. The molecule has 76 valence electrons. The van der Waals surface area contributed by atoms with Crippen LogP contribution < -0.4 is 5.73 Å². The lowest BCUT2D eigenvalue weighted by atomic mass is 10.3. The molecule has 0 saturated carbocycles. The molecule has 0 fully saturated rings. The maximum atomic E-state index is 11.3. The van der Waals surface area contributed by atoms with E-state index >= 15 is 0 Å². The van der Waals surface area contributed by atoms with Gasteiger partial charge in [0, 0.05) is 0 Å². The van der Waals surface area contributed by atoms with Gasteiger partial charge in [0.25, 0.3) is 0 Å². The van der Waals surface area contributed by atoms with Gasteiger partial charge in [0.1, 0.15) is 10.6 Å². The van der Waals surface area contributed by atoms with Gasteiger partial charge >= 0.3 is 5.97 Å². The van der Waals surface area contributed by atoms with Gasteiger partial charge in [-0.05, 0) is 6.92 Å². The second-order valence-electron chi connectivity index (χ2n) is 2.36. The quantitative estimate of drug-likeness (QED) is 0.640. The Bertz CT molecular complexity index is 375. The van der Waals surface area contributed by atoms with Crippen LogP contribution in [0, 0.1) is 0 Å². The number of hydrogen-bond acceptors (Lipinski definition) is 5. The third-order valence-electron chi connectivity index (χ3n) is 1.49. The molecule has 4 nitrogen and oxygen atoms in total. The zero-order valence-electron chi connectivity index (χ0n) is 7.37. The number of carbonyl (C=O) groups excluding carboxylic acids is 2. The molecule has 0 aliphatic carbocycles. The van der Waals surface area contributed by atoms with Crippen LogP contribution in [-0.4, -0.2) is 18.9 Å². The van der Waals surface area contributed by atoms with E-state index in [1.807, 2.05) is 0 Å². The first-order valence-corrected chi connectivity index (χ1v) is 5.01. The first kappa shape index (κ1) is 11.0. The molecule has 0 spiro atoms. The average Bonchev–Trinajstić information content (AvgIpc) is 2.41. The molecule has 2 N–H and O–H groups in total. The number of anilines is 1. The van der Waals surface area contributed by atoms with Crippen LogP contribution in [0.5, 0.6) is 0 Å².